The number of carbonyl (C=O) groups is 2. The zero-order valence-electron chi connectivity index (χ0n) is 16.2. The monoisotopic (exact) mass is 378 g/mol. The average molecular weight is 378 g/mol. The van der Waals surface area contributed by atoms with Crippen molar-refractivity contribution in [3.63, 3.8) is 0 Å². The summed E-state index contributed by atoms with van der Waals surface area (Å²) in [6.07, 6.45) is 4.15. The number of hydrogen-bond acceptors (Lipinski definition) is 2. The van der Waals surface area contributed by atoms with Crippen LogP contribution in [0.1, 0.15) is 47.2 Å². The van der Waals surface area contributed by atoms with Crippen LogP contribution in [0.3, 0.4) is 0 Å². The van der Waals surface area contributed by atoms with Gasteiger partial charge in [-0.25, -0.2) is 0 Å². The second-order valence-corrected chi connectivity index (χ2v) is 7.83. The maximum atomic E-state index is 12.5. The number of hydrogen-bond donors (Lipinski definition) is 2. The Labute approximate surface area is 166 Å². The number of nitrogens with one attached hydrogen (secondary N) is 2. The number of carbonyl (C=O) groups excluding carboxylic acids is 2. The van der Waals surface area contributed by atoms with E-state index in [4.69, 9.17) is 0 Å². The molecule has 2 heterocycles. The molecular weight excluding hydrogens is 350 g/mol. The van der Waals surface area contributed by atoms with Gasteiger partial charge >= 0.3 is 0 Å². The van der Waals surface area contributed by atoms with Crippen molar-refractivity contribution in [2.24, 2.45) is 0 Å². The Kier molecular flexibility index (Phi) is 5.72. The van der Waals surface area contributed by atoms with Gasteiger partial charge in [-0.05, 0) is 30.2 Å². The Balaban J connectivity index is 1.33. The van der Waals surface area contributed by atoms with Gasteiger partial charge in [0.1, 0.15) is 6.54 Å². The van der Waals surface area contributed by atoms with Gasteiger partial charge in [-0.2, -0.15) is 0 Å². The molecule has 2 fully saturated rings. The molecule has 0 spiro atoms. The molecule has 2 aliphatic heterocycles. The van der Waals surface area contributed by atoms with Crippen LogP contribution in [0.25, 0.3) is 0 Å². The summed E-state index contributed by atoms with van der Waals surface area (Å²) in [5.74, 6) is 0.0208. The quantitative estimate of drug-likeness (QED) is 0.807. The van der Waals surface area contributed by atoms with Gasteiger partial charge in [-0.1, -0.05) is 30.3 Å². The minimum absolute atomic E-state index is 0.112. The highest BCUT2D eigenvalue weighted by Gasteiger charge is 2.22. The maximum Gasteiger partial charge on any atom is 0.251 e. The molecule has 5 nitrogen and oxygen atoms in total. The molecule has 0 saturated carbocycles. The molecule has 2 aliphatic rings. The van der Waals surface area contributed by atoms with E-state index < -0.39 is 0 Å². The Hall–Kier alpha value is -2.66. The normalized spacial score (nSPS) is 17.3. The highest BCUT2D eigenvalue weighted by Crippen LogP contribution is 2.22. The Morgan fingerprint density at radius 3 is 2.46 bits per heavy atom. The molecule has 2 amide bonds. The van der Waals surface area contributed by atoms with Crippen molar-refractivity contribution in [1.29, 1.82) is 0 Å². The summed E-state index contributed by atoms with van der Waals surface area (Å²) >= 11 is 0. The van der Waals surface area contributed by atoms with Crippen LogP contribution in [-0.2, 0) is 17.9 Å². The Morgan fingerprint density at radius 1 is 1.00 bits per heavy atom. The van der Waals surface area contributed by atoms with Gasteiger partial charge in [0.2, 0.25) is 5.91 Å². The number of amides is 2. The number of nitrogens with zero attached hydrogens (tertiary/aromatic N) is 1. The minimum atomic E-state index is -0.112. The largest absolute Gasteiger partial charge is 0.348 e. The molecule has 28 heavy (non-hydrogen) atoms. The van der Waals surface area contributed by atoms with Crippen LogP contribution in [-0.4, -0.2) is 31.4 Å². The second kappa shape index (κ2) is 8.57. The van der Waals surface area contributed by atoms with Gasteiger partial charge in [0.25, 0.3) is 5.91 Å². The van der Waals surface area contributed by atoms with Gasteiger partial charge < -0.3 is 15.1 Å². The molecule has 0 bridgehead atoms. The van der Waals surface area contributed by atoms with Crippen molar-refractivity contribution in [3.05, 3.63) is 65.2 Å². The van der Waals surface area contributed by atoms with Crippen LogP contribution in [0.4, 0.5) is 5.69 Å². The molecule has 4 rings (SSSR count). The van der Waals surface area contributed by atoms with Crippen LogP contribution < -0.4 is 15.1 Å². The SMILES string of the molecule is O=C(NCc1ccc(C[NH+]2CCCC2)cc1)c1cccc(N2CCCC2=O)c1. The van der Waals surface area contributed by atoms with Crippen LogP contribution >= 0.6 is 0 Å². The van der Waals surface area contributed by atoms with Gasteiger partial charge in [-0.3, -0.25) is 9.59 Å². The standard InChI is InChI=1S/C23H27N3O2/c27-22-7-4-14-26(22)21-6-3-5-20(15-21)23(28)24-16-18-8-10-19(11-9-18)17-25-12-1-2-13-25/h3,5-6,8-11,15H,1-2,4,7,12-14,16-17H2,(H,24,28)/p+1. The first kappa shape index (κ1) is 18.7. The lowest BCUT2D eigenvalue weighted by atomic mass is 10.1. The molecule has 0 aliphatic carbocycles. The minimum Gasteiger partial charge on any atom is -0.348 e. The Bertz CT molecular complexity index is 841. The lowest BCUT2D eigenvalue weighted by Crippen LogP contribution is -3.08. The third kappa shape index (κ3) is 4.42. The third-order valence-electron chi connectivity index (χ3n) is 5.73. The van der Waals surface area contributed by atoms with E-state index in [0.717, 1.165) is 30.8 Å². The first-order valence-corrected chi connectivity index (χ1v) is 10.3. The fourth-order valence-electron chi connectivity index (χ4n) is 4.14. The molecule has 2 saturated heterocycles. The van der Waals surface area contributed by atoms with Crippen molar-refractivity contribution >= 4 is 17.5 Å². The molecule has 146 valence electrons. The van der Waals surface area contributed by atoms with Crippen molar-refractivity contribution in [1.82, 2.24) is 5.32 Å². The van der Waals surface area contributed by atoms with E-state index in [-0.39, 0.29) is 11.8 Å². The molecule has 5 heteroatoms. The molecule has 0 unspecified atom stereocenters. The Morgan fingerprint density at radius 2 is 1.75 bits per heavy atom. The van der Waals surface area contributed by atoms with E-state index >= 15 is 0 Å². The molecule has 2 aromatic rings. The highest BCUT2D eigenvalue weighted by molar-refractivity contribution is 5.99. The van der Waals surface area contributed by atoms with Crippen LogP contribution in [0.15, 0.2) is 48.5 Å². The third-order valence-corrected chi connectivity index (χ3v) is 5.73. The smallest absolute Gasteiger partial charge is 0.251 e. The van der Waals surface area contributed by atoms with Gasteiger partial charge in [-0.15, -0.1) is 0 Å². The van der Waals surface area contributed by atoms with E-state index in [9.17, 15) is 9.59 Å². The fraction of sp³-hybridized carbons (Fsp3) is 0.391. The van der Waals surface area contributed by atoms with Gasteiger partial charge in [0, 0.05) is 49.2 Å². The first-order valence-electron chi connectivity index (χ1n) is 10.3. The zero-order chi connectivity index (χ0) is 19.3. The number of anilines is 1. The van der Waals surface area contributed by atoms with Gasteiger partial charge in [0.05, 0.1) is 13.1 Å². The molecule has 0 radical (unpaired) electrons. The lowest BCUT2D eigenvalue weighted by molar-refractivity contribution is -0.901. The second-order valence-electron chi connectivity index (χ2n) is 7.83. The van der Waals surface area contributed by atoms with Crippen LogP contribution in [0, 0.1) is 0 Å². The van der Waals surface area contributed by atoms with E-state index in [1.165, 1.54) is 31.5 Å². The van der Waals surface area contributed by atoms with Crippen molar-refractivity contribution in [2.45, 2.75) is 38.8 Å². The van der Waals surface area contributed by atoms with Gasteiger partial charge in [0.15, 0.2) is 0 Å². The summed E-state index contributed by atoms with van der Waals surface area (Å²) in [6, 6.07) is 15.9. The van der Waals surface area contributed by atoms with E-state index in [1.807, 2.05) is 12.1 Å². The van der Waals surface area contributed by atoms with E-state index in [2.05, 4.69) is 29.6 Å². The number of benzene rings is 2. The molecular formula is C23H28N3O2+. The maximum absolute atomic E-state index is 12.5. The average Bonchev–Trinajstić information content (AvgIpc) is 3.39. The summed E-state index contributed by atoms with van der Waals surface area (Å²) in [5.41, 5.74) is 3.85. The first-order chi connectivity index (χ1) is 13.7. The summed E-state index contributed by atoms with van der Waals surface area (Å²) in [4.78, 5) is 27.9. The summed E-state index contributed by atoms with van der Waals surface area (Å²) < 4.78 is 0. The number of rotatable bonds is 6. The van der Waals surface area contributed by atoms with Crippen LogP contribution in [0.5, 0.6) is 0 Å². The fourth-order valence-corrected chi connectivity index (χ4v) is 4.14. The number of quaternary nitrogens is 1. The zero-order valence-corrected chi connectivity index (χ0v) is 16.2. The van der Waals surface area contributed by atoms with E-state index in [0.29, 0.717) is 18.5 Å². The molecule has 0 aromatic heterocycles. The predicted octanol–water partition coefficient (Wildman–Crippen LogP) is 1.92. The van der Waals surface area contributed by atoms with E-state index in [1.54, 1.807) is 21.9 Å². The summed E-state index contributed by atoms with van der Waals surface area (Å²) in [5, 5.41) is 2.99. The summed E-state index contributed by atoms with van der Waals surface area (Å²) in [7, 11) is 0. The van der Waals surface area contributed by atoms with Crippen molar-refractivity contribution in [2.75, 3.05) is 24.5 Å². The van der Waals surface area contributed by atoms with Crippen molar-refractivity contribution in [3.8, 4) is 0 Å². The molecule has 0 atom stereocenters. The van der Waals surface area contributed by atoms with Crippen molar-refractivity contribution < 1.29 is 14.5 Å². The van der Waals surface area contributed by atoms with Crippen LogP contribution in [0.2, 0.25) is 0 Å². The summed E-state index contributed by atoms with van der Waals surface area (Å²) in [6.45, 7) is 4.88. The topological polar surface area (TPSA) is 53.9 Å². The molecule has 2 aromatic carbocycles. The highest BCUT2D eigenvalue weighted by atomic mass is 16.2. The predicted molar refractivity (Wildman–Crippen MR) is 109 cm³/mol. The lowest BCUT2D eigenvalue weighted by Gasteiger charge is -2.16. The molecule has 2 N–H and O–H groups in total. The number of likely N-dealkylation sites (tertiary alicyclic amines) is 1.